The van der Waals surface area contributed by atoms with Crippen molar-refractivity contribution >= 4 is 23.2 Å². The maximum absolute atomic E-state index is 5.61. The number of fused-ring (bicyclic) bond motifs is 1. The zero-order valence-corrected chi connectivity index (χ0v) is 9.20. The second kappa shape index (κ2) is 4.44. The molecule has 0 saturated carbocycles. The van der Waals surface area contributed by atoms with Crippen LogP contribution >= 0.6 is 11.6 Å². The first-order chi connectivity index (χ1) is 7.31. The minimum absolute atomic E-state index is 0.614. The van der Waals surface area contributed by atoms with E-state index in [4.69, 9.17) is 11.6 Å². The first-order valence-electron chi connectivity index (χ1n) is 4.78. The molecule has 0 spiro atoms. The summed E-state index contributed by atoms with van der Waals surface area (Å²) in [6.45, 7) is 2.75. The van der Waals surface area contributed by atoms with Gasteiger partial charge in [0.2, 0.25) is 0 Å². The van der Waals surface area contributed by atoms with Crippen LogP contribution < -0.4 is 5.32 Å². The number of alkyl halides is 1. The Morgan fingerprint density at radius 1 is 1.53 bits per heavy atom. The first kappa shape index (κ1) is 10.2. The summed E-state index contributed by atoms with van der Waals surface area (Å²) in [6.07, 6.45) is 2.41. The zero-order valence-electron chi connectivity index (χ0n) is 8.44. The van der Waals surface area contributed by atoms with E-state index in [1.807, 2.05) is 13.0 Å². The zero-order chi connectivity index (χ0) is 10.7. The third-order valence-corrected chi connectivity index (χ3v) is 2.26. The van der Waals surface area contributed by atoms with Crippen LogP contribution in [0.15, 0.2) is 12.4 Å². The number of rotatable bonds is 4. The van der Waals surface area contributed by atoms with Gasteiger partial charge in [-0.2, -0.15) is 14.6 Å². The molecule has 0 fully saturated rings. The van der Waals surface area contributed by atoms with Gasteiger partial charge in [0.1, 0.15) is 12.1 Å². The molecule has 0 bridgehead atoms. The fourth-order valence-corrected chi connectivity index (χ4v) is 1.47. The van der Waals surface area contributed by atoms with Crippen molar-refractivity contribution in [2.45, 2.75) is 13.3 Å². The van der Waals surface area contributed by atoms with Crippen LogP contribution in [0, 0.1) is 6.92 Å². The number of halogens is 1. The van der Waals surface area contributed by atoms with E-state index in [0.717, 1.165) is 24.5 Å². The molecule has 2 heterocycles. The van der Waals surface area contributed by atoms with Gasteiger partial charge in [-0.15, -0.1) is 11.6 Å². The molecule has 0 unspecified atom stereocenters. The van der Waals surface area contributed by atoms with Crippen LogP contribution in [0.1, 0.15) is 12.1 Å². The minimum Gasteiger partial charge on any atom is -0.370 e. The molecule has 80 valence electrons. The standard InChI is InChI=1S/C9H12ClN5/c1-7-5-8(11-4-2-3-10)15-9(14-7)12-6-13-15/h5-6,11H,2-4H2,1H3. The van der Waals surface area contributed by atoms with Gasteiger partial charge in [0, 0.05) is 24.2 Å². The van der Waals surface area contributed by atoms with Crippen LogP contribution in [0.25, 0.3) is 5.78 Å². The van der Waals surface area contributed by atoms with Crippen molar-refractivity contribution in [3.8, 4) is 0 Å². The molecule has 2 rings (SSSR count). The molecule has 0 aromatic carbocycles. The van der Waals surface area contributed by atoms with Crippen LogP contribution in [-0.2, 0) is 0 Å². The molecule has 6 heteroatoms. The molecule has 0 atom stereocenters. The molecular formula is C9H12ClN5. The SMILES string of the molecule is Cc1cc(NCCCCl)n2ncnc2n1. The van der Waals surface area contributed by atoms with E-state index < -0.39 is 0 Å². The lowest BCUT2D eigenvalue weighted by atomic mass is 10.4. The van der Waals surface area contributed by atoms with Gasteiger partial charge in [0.05, 0.1) is 0 Å². The first-order valence-corrected chi connectivity index (χ1v) is 5.32. The maximum Gasteiger partial charge on any atom is 0.254 e. The Bertz CT molecular complexity index is 453. The van der Waals surface area contributed by atoms with Crippen molar-refractivity contribution in [2.24, 2.45) is 0 Å². The quantitative estimate of drug-likeness (QED) is 0.633. The lowest BCUT2D eigenvalue weighted by Crippen LogP contribution is -2.08. The van der Waals surface area contributed by atoms with Crippen molar-refractivity contribution in [3.05, 3.63) is 18.1 Å². The van der Waals surface area contributed by atoms with E-state index in [2.05, 4.69) is 20.4 Å². The normalized spacial score (nSPS) is 10.8. The number of nitrogens with one attached hydrogen (secondary N) is 1. The predicted molar refractivity (Wildman–Crippen MR) is 59.3 cm³/mol. The van der Waals surface area contributed by atoms with Crippen LogP contribution in [0.3, 0.4) is 0 Å². The number of aromatic nitrogens is 4. The second-order valence-corrected chi connectivity index (χ2v) is 3.60. The molecular weight excluding hydrogens is 214 g/mol. The number of anilines is 1. The van der Waals surface area contributed by atoms with Crippen molar-refractivity contribution < 1.29 is 0 Å². The third kappa shape index (κ3) is 2.18. The lowest BCUT2D eigenvalue weighted by molar-refractivity contribution is 0.898. The summed E-state index contributed by atoms with van der Waals surface area (Å²) in [5.74, 6) is 2.17. The van der Waals surface area contributed by atoms with E-state index in [1.54, 1.807) is 4.52 Å². The third-order valence-electron chi connectivity index (χ3n) is 2.00. The van der Waals surface area contributed by atoms with Gasteiger partial charge < -0.3 is 5.32 Å². The molecule has 1 N–H and O–H groups in total. The van der Waals surface area contributed by atoms with E-state index in [9.17, 15) is 0 Å². The number of aryl methyl sites for hydroxylation is 1. The Morgan fingerprint density at radius 2 is 2.40 bits per heavy atom. The largest absolute Gasteiger partial charge is 0.370 e. The van der Waals surface area contributed by atoms with E-state index in [0.29, 0.717) is 11.7 Å². The van der Waals surface area contributed by atoms with Crippen molar-refractivity contribution in [1.29, 1.82) is 0 Å². The average molecular weight is 226 g/mol. The number of nitrogens with zero attached hydrogens (tertiary/aromatic N) is 4. The Balaban J connectivity index is 2.27. The molecule has 2 aromatic heterocycles. The van der Waals surface area contributed by atoms with E-state index in [1.165, 1.54) is 6.33 Å². The summed E-state index contributed by atoms with van der Waals surface area (Å²) in [5.41, 5.74) is 0.920. The Morgan fingerprint density at radius 3 is 3.20 bits per heavy atom. The Labute approximate surface area is 92.5 Å². The molecule has 5 nitrogen and oxygen atoms in total. The van der Waals surface area contributed by atoms with Gasteiger partial charge in [0.25, 0.3) is 5.78 Å². The molecule has 0 aliphatic rings. The highest BCUT2D eigenvalue weighted by atomic mass is 35.5. The van der Waals surface area contributed by atoms with Gasteiger partial charge >= 0.3 is 0 Å². The Kier molecular flexibility index (Phi) is 3.01. The molecule has 15 heavy (non-hydrogen) atoms. The summed E-state index contributed by atoms with van der Waals surface area (Å²) in [5, 5.41) is 7.34. The average Bonchev–Trinajstić information content (AvgIpc) is 2.65. The predicted octanol–water partition coefficient (Wildman–Crippen LogP) is 1.47. The summed E-state index contributed by atoms with van der Waals surface area (Å²) in [6, 6.07) is 1.94. The molecule has 0 aliphatic carbocycles. The van der Waals surface area contributed by atoms with Crippen LogP contribution in [0.2, 0.25) is 0 Å². The summed E-state index contributed by atoms with van der Waals surface area (Å²) in [7, 11) is 0. The topological polar surface area (TPSA) is 55.1 Å². The van der Waals surface area contributed by atoms with Gasteiger partial charge in [-0.3, -0.25) is 0 Å². The van der Waals surface area contributed by atoms with Crippen LogP contribution in [-0.4, -0.2) is 32.0 Å². The fraction of sp³-hybridized carbons (Fsp3) is 0.444. The number of hydrogen-bond donors (Lipinski definition) is 1. The summed E-state index contributed by atoms with van der Waals surface area (Å²) in [4.78, 5) is 8.29. The fourth-order valence-electron chi connectivity index (χ4n) is 1.34. The van der Waals surface area contributed by atoms with Crippen LogP contribution in [0.5, 0.6) is 0 Å². The lowest BCUT2D eigenvalue weighted by Gasteiger charge is -2.07. The van der Waals surface area contributed by atoms with Gasteiger partial charge in [-0.25, -0.2) is 4.98 Å². The molecule has 0 aliphatic heterocycles. The number of hydrogen-bond acceptors (Lipinski definition) is 4. The van der Waals surface area contributed by atoms with Gasteiger partial charge in [0.15, 0.2) is 0 Å². The highest BCUT2D eigenvalue weighted by Crippen LogP contribution is 2.09. The summed E-state index contributed by atoms with van der Waals surface area (Å²) >= 11 is 5.61. The van der Waals surface area contributed by atoms with Gasteiger partial charge in [-0.1, -0.05) is 0 Å². The van der Waals surface area contributed by atoms with Crippen molar-refractivity contribution in [3.63, 3.8) is 0 Å². The molecule has 0 radical (unpaired) electrons. The Hall–Kier alpha value is -1.36. The maximum atomic E-state index is 5.61. The highest BCUT2D eigenvalue weighted by Gasteiger charge is 2.03. The van der Waals surface area contributed by atoms with E-state index >= 15 is 0 Å². The van der Waals surface area contributed by atoms with Gasteiger partial charge in [-0.05, 0) is 13.3 Å². The monoisotopic (exact) mass is 225 g/mol. The molecule has 0 amide bonds. The van der Waals surface area contributed by atoms with Crippen LogP contribution in [0.4, 0.5) is 5.82 Å². The van der Waals surface area contributed by atoms with E-state index in [-0.39, 0.29) is 0 Å². The van der Waals surface area contributed by atoms with Crippen molar-refractivity contribution in [1.82, 2.24) is 19.6 Å². The minimum atomic E-state index is 0.614. The smallest absolute Gasteiger partial charge is 0.254 e. The second-order valence-electron chi connectivity index (χ2n) is 3.22. The van der Waals surface area contributed by atoms with Crippen molar-refractivity contribution in [2.75, 3.05) is 17.7 Å². The highest BCUT2D eigenvalue weighted by molar-refractivity contribution is 6.17. The summed E-state index contributed by atoms with van der Waals surface area (Å²) < 4.78 is 1.68. The molecule has 2 aromatic rings. The molecule has 0 saturated heterocycles.